The number of amidine groups is 1. The summed E-state index contributed by atoms with van der Waals surface area (Å²) in [6, 6.07) is 0.434. The quantitative estimate of drug-likeness (QED) is 0.478. The third-order valence-electron chi connectivity index (χ3n) is 2.36. The SMILES string of the molecule is CCC(C(=N)N)N(CCOC)C(C)C. The maximum absolute atomic E-state index is 7.51. The molecular formula is C10H23N3O. The topological polar surface area (TPSA) is 62.3 Å². The summed E-state index contributed by atoms with van der Waals surface area (Å²) < 4.78 is 5.04. The molecule has 1 unspecified atom stereocenters. The molecule has 4 heteroatoms. The lowest BCUT2D eigenvalue weighted by Gasteiger charge is -2.33. The highest BCUT2D eigenvalue weighted by Crippen LogP contribution is 2.08. The van der Waals surface area contributed by atoms with E-state index in [9.17, 15) is 0 Å². The minimum absolute atomic E-state index is 0.0464. The molecule has 0 aliphatic carbocycles. The first kappa shape index (κ1) is 13.4. The van der Waals surface area contributed by atoms with E-state index in [1.54, 1.807) is 7.11 Å². The van der Waals surface area contributed by atoms with Crippen molar-refractivity contribution in [2.24, 2.45) is 5.73 Å². The molecule has 3 N–H and O–H groups in total. The highest BCUT2D eigenvalue weighted by molar-refractivity contribution is 5.82. The van der Waals surface area contributed by atoms with E-state index < -0.39 is 0 Å². The zero-order valence-electron chi connectivity index (χ0n) is 9.71. The van der Waals surface area contributed by atoms with Crippen molar-refractivity contribution >= 4 is 5.84 Å². The molecule has 84 valence electrons. The molecule has 0 amide bonds. The molecule has 0 aromatic heterocycles. The van der Waals surface area contributed by atoms with Gasteiger partial charge in [-0.3, -0.25) is 10.3 Å². The summed E-state index contributed by atoms with van der Waals surface area (Å²) in [7, 11) is 1.69. The van der Waals surface area contributed by atoms with Crippen LogP contribution in [0.4, 0.5) is 0 Å². The van der Waals surface area contributed by atoms with Crippen LogP contribution in [0.3, 0.4) is 0 Å². The Morgan fingerprint density at radius 2 is 2.07 bits per heavy atom. The van der Waals surface area contributed by atoms with Gasteiger partial charge in [0.15, 0.2) is 0 Å². The summed E-state index contributed by atoms with van der Waals surface area (Å²) in [5.74, 6) is 0.248. The molecule has 0 fully saturated rings. The number of hydrogen-bond acceptors (Lipinski definition) is 3. The van der Waals surface area contributed by atoms with Crippen molar-refractivity contribution in [2.75, 3.05) is 20.3 Å². The monoisotopic (exact) mass is 201 g/mol. The highest BCUT2D eigenvalue weighted by Gasteiger charge is 2.21. The number of nitrogens with one attached hydrogen (secondary N) is 1. The lowest BCUT2D eigenvalue weighted by atomic mass is 10.1. The van der Waals surface area contributed by atoms with Gasteiger partial charge in [-0.15, -0.1) is 0 Å². The zero-order chi connectivity index (χ0) is 11.1. The van der Waals surface area contributed by atoms with Crippen molar-refractivity contribution in [3.8, 4) is 0 Å². The number of nitrogens with two attached hydrogens (primary N) is 1. The molecule has 0 bridgehead atoms. The van der Waals surface area contributed by atoms with E-state index in [2.05, 4.69) is 18.7 Å². The Hall–Kier alpha value is -0.610. The molecule has 0 aliphatic heterocycles. The Bertz CT molecular complexity index is 171. The van der Waals surface area contributed by atoms with E-state index in [4.69, 9.17) is 15.9 Å². The van der Waals surface area contributed by atoms with Crippen LogP contribution in [0.5, 0.6) is 0 Å². The average Bonchev–Trinajstić information content (AvgIpc) is 2.10. The molecular weight excluding hydrogens is 178 g/mol. The highest BCUT2D eigenvalue weighted by atomic mass is 16.5. The van der Waals surface area contributed by atoms with Gasteiger partial charge in [-0.2, -0.15) is 0 Å². The zero-order valence-corrected chi connectivity index (χ0v) is 9.71. The van der Waals surface area contributed by atoms with E-state index in [0.717, 1.165) is 13.0 Å². The predicted octanol–water partition coefficient (Wildman–Crippen LogP) is 1.06. The maximum atomic E-state index is 7.51. The minimum Gasteiger partial charge on any atom is -0.386 e. The third kappa shape index (κ3) is 4.07. The Morgan fingerprint density at radius 3 is 2.36 bits per heavy atom. The molecule has 0 saturated heterocycles. The molecule has 4 nitrogen and oxygen atoms in total. The first-order chi connectivity index (χ1) is 6.54. The summed E-state index contributed by atoms with van der Waals surface area (Å²) >= 11 is 0. The molecule has 14 heavy (non-hydrogen) atoms. The maximum Gasteiger partial charge on any atom is 0.108 e. The first-order valence-electron chi connectivity index (χ1n) is 5.13. The van der Waals surface area contributed by atoms with Gasteiger partial charge in [0, 0.05) is 19.7 Å². The van der Waals surface area contributed by atoms with Crippen LogP contribution < -0.4 is 5.73 Å². The van der Waals surface area contributed by atoms with Crippen molar-refractivity contribution in [3.63, 3.8) is 0 Å². The van der Waals surface area contributed by atoms with Gasteiger partial charge < -0.3 is 10.5 Å². The smallest absolute Gasteiger partial charge is 0.108 e. The summed E-state index contributed by atoms with van der Waals surface area (Å²) in [5, 5.41) is 7.51. The Balaban J connectivity index is 4.35. The first-order valence-corrected chi connectivity index (χ1v) is 5.13. The van der Waals surface area contributed by atoms with Gasteiger partial charge in [0.05, 0.1) is 12.6 Å². The molecule has 0 spiro atoms. The van der Waals surface area contributed by atoms with Crippen LogP contribution in [-0.2, 0) is 4.74 Å². The predicted molar refractivity (Wildman–Crippen MR) is 59.7 cm³/mol. The Morgan fingerprint density at radius 1 is 1.50 bits per heavy atom. The summed E-state index contributed by atoms with van der Waals surface area (Å²) in [4.78, 5) is 2.20. The number of hydrogen-bond donors (Lipinski definition) is 2. The van der Waals surface area contributed by atoms with Crippen LogP contribution >= 0.6 is 0 Å². The lowest BCUT2D eigenvalue weighted by Crippen LogP contribution is -2.48. The van der Waals surface area contributed by atoms with Crippen LogP contribution in [0.1, 0.15) is 27.2 Å². The second kappa shape index (κ2) is 6.79. The van der Waals surface area contributed by atoms with Gasteiger partial charge in [0.2, 0.25) is 0 Å². The summed E-state index contributed by atoms with van der Waals surface area (Å²) in [6.45, 7) is 7.78. The van der Waals surface area contributed by atoms with Crippen molar-refractivity contribution in [3.05, 3.63) is 0 Å². The Labute approximate surface area is 86.9 Å². The molecule has 0 aromatic rings. The van der Waals surface area contributed by atoms with Gasteiger partial charge in [-0.25, -0.2) is 0 Å². The van der Waals surface area contributed by atoms with Crippen LogP contribution in [0, 0.1) is 5.41 Å². The van der Waals surface area contributed by atoms with Crippen LogP contribution in [0.15, 0.2) is 0 Å². The van der Waals surface area contributed by atoms with Gasteiger partial charge in [0.25, 0.3) is 0 Å². The second-order valence-electron chi connectivity index (χ2n) is 3.70. The van der Waals surface area contributed by atoms with Gasteiger partial charge in [-0.1, -0.05) is 6.92 Å². The summed E-state index contributed by atoms with van der Waals surface area (Å²) in [6.07, 6.45) is 0.872. The fourth-order valence-electron chi connectivity index (χ4n) is 1.60. The molecule has 0 rings (SSSR count). The number of nitrogens with zero attached hydrogens (tertiary/aromatic N) is 1. The summed E-state index contributed by atoms with van der Waals surface area (Å²) in [5.41, 5.74) is 5.56. The van der Waals surface area contributed by atoms with Gasteiger partial charge in [-0.05, 0) is 20.3 Å². The van der Waals surface area contributed by atoms with Crippen LogP contribution in [0.25, 0.3) is 0 Å². The van der Waals surface area contributed by atoms with E-state index in [-0.39, 0.29) is 11.9 Å². The molecule has 0 saturated carbocycles. The van der Waals surface area contributed by atoms with Gasteiger partial charge >= 0.3 is 0 Å². The normalized spacial score (nSPS) is 13.6. The average molecular weight is 201 g/mol. The van der Waals surface area contributed by atoms with E-state index >= 15 is 0 Å². The molecule has 0 aromatic carbocycles. The van der Waals surface area contributed by atoms with Crippen molar-refractivity contribution in [1.29, 1.82) is 5.41 Å². The van der Waals surface area contributed by atoms with E-state index in [1.165, 1.54) is 0 Å². The molecule has 0 radical (unpaired) electrons. The number of ether oxygens (including phenoxy) is 1. The minimum atomic E-state index is 0.0464. The van der Waals surface area contributed by atoms with Crippen molar-refractivity contribution < 1.29 is 4.74 Å². The van der Waals surface area contributed by atoms with Crippen molar-refractivity contribution in [2.45, 2.75) is 39.3 Å². The third-order valence-corrected chi connectivity index (χ3v) is 2.36. The standard InChI is InChI=1S/C10H23N3O/c1-5-9(10(11)12)13(8(2)3)6-7-14-4/h8-9H,5-7H2,1-4H3,(H3,11,12). The van der Waals surface area contributed by atoms with Gasteiger partial charge in [0.1, 0.15) is 5.84 Å². The van der Waals surface area contributed by atoms with Crippen molar-refractivity contribution in [1.82, 2.24) is 4.90 Å². The Kier molecular flexibility index (Phi) is 6.49. The largest absolute Gasteiger partial charge is 0.386 e. The second-order valence-corrected chi connectivity index (χ2v) is 3.70. The molecule has 0 heterocycles. The fraction of sp³-hybridized carbons (Fsp3) is 0.900. The van der Waals surface area contributed by atoms with Crippen LogP contribution in [-0.4, -0.2) is 43.1 Å². The molecule has 1 atom stereocenters. The lowest BCUT2D eigenvalue weighted by molar-refractivity contribution is 0.114. The fourth-order valence-corrected chi connectivity index (χ4v) is 1.60. The van der Waals surface area contributed by atoms with E-state index in [0.29, 0.717) is 12.6 Å². The van der Waals surface area contributed by atoms with Crippen LogP contribution in [0.2, 0.25) is 0 Å². The number of methoxy groups -OCH3 is 1. The van der Waals surface area contributed by atoms with E-state index in [1.807, 2.05) is 6.92 Å². The molecule has 0 aliphatic rings. The number of rotatable bonds is 7.